The molecular formula is C20H32BFO2. The average Bonchev–Trinajstić information content (AvgIpc) is 2.35. The second kappa shape index (κ2) is 6.53. The third kappa shape index (κ3) is 4.84. The van der Waals surface area contributed by atoms with Crippen LogP contribution in [-0.2, 0) is 15.1 Å². The van der Waals surface area contributed by atoms with Crippen LogP contribution in [0, 0.1) is 16.6 Å². The van der Waals surface area contributed by atoms with Gasteiger partial charge in [-0.05, 0) is 50.3 Å². The Morgan fingerprint density at radius 3 is 1.83 bits per heavy atom. The molecule has 4 heteroatoms. The van der Waals surface area contributed by atoms with Crippen LogP contribution in [0.3, 0.4) is 0 Å². The lowest BCUT2D eigenvalue weighted by molar-refractivity contribution is -0.177. The third-order valence-corrected chi connectivity index (χ3v) is 4.88. The van der Waals surface area contributed by atoms with Crippen molar-refractivity contribution in [2.45, 2.75) is 72.7 Å². The van der Waals surface area contributed by atoms with Crippen LogP contribution in [0.2, 0.25) is 5.31 Å². The van der Waals surface area contributed by atoms with Gasteiger partial charge in [0.05, 0.1) is 5.41 Å². The molecule has 0 aliphatic rings. The Labute approximate surface area is 147 Å². The highest BCUT2D eigenvalue weighted by Gasteiger charge is 2.49. The Balaban J connectivity index is 3.14. The van der Waals surface area contributed by atoms with Gasteiger partial charge in [0.25, 0.3) is 0 Å². The smallest absolute Gasteiger partial charge is 0.313 e. The maximum Gasteiger partial charge on any atom is 0.313 e. The van der Waals surface area contributed by atoms with E-state index in [-0.39, 0.29) is 22.5 Å². The van der Waals surface area contributed by atoms with Crippen LogP contribution in [-0.4, -0.2) is 13.8 Å². The van der Waals surface area contributed by atoms with Gasteiger partial charge in [0.1, 0.15) is 19.3 Å². The van der Waals surface area contributed by atoms with Crippen molar-refractivity contribution in [1.29, 1.82) is 0 Å². The van der Waals surface area contributed by atoms with Crippen LogP contribution in [0.1, 0.15) is 67.4 Å². The van der Waals surface area contributed by atoms with Crippen LogP contribution in [0.5, 0.6) is 0 Å². The molecule has 0 aliphatic heterocycles. The number of benzene rings is 1. The van der Waals surface area contributed by atoms with E-state index >= 15 is 0 Å². The molecule has 0 saturated heterocycles. The molecule has 1 aromatic rings. The van der Waals surface area contributed by atoms with Gasteiger partial charge in [0.2, 0.25) is 0 Å². The van der Waals surface area contributed by atoms with Crippen molar-refractivity contribution in [3.63, 3.8) is 0 Å². The summed E-state index contributed by atoms with van der Waals surface area (Å²) >= 11 is 0. The molecule has 0 aliphatic carbocycles. The molecule has 1 rings (SSSR count). The molecule has 0 N–H and O–H groups in total. The molecule has 134 valence electrons. The first-order valence-corrected chi connectivity index (χ1v) is 8.58. The molecule has 2 nitrogen and oxygen atoms in total. The first kappa shape index (κ1) is 20.7. The van der Waals surface area contributed by atoms with Crippen molar-refractivity contribution in [1.82, 2.24) is 0 Å². The van der Waals surface area contributed by atoms with Crippen molar-refractivity contribution < 1.29 is 13.9 Å². The standard InChI is InChI=1S/C20H32BFO2/c1-17(2,3)20(8,13-18(4,5)21)16(23)24-19(6,7)14-9-11-15(22)12-10-14/h9-12H,13,21H2,1-8H3. The van der Waals surface area contributed by atoms with Gasteiger partial charge in [-0.3, -0.25) is 4.79 Å². The van der Waals surface area contributed by atoms with Crippen molar-refractivity contribution in [2.75, 3.05) is 0 Å². The largest absolute Gasteiger partial charge is 0.454 e. The number of ether oxygens (including phenoxy) is 1. The number of hydrogen-bond donors (Lipinski definition) is 0. The lowest BCUT2D eigenvalue weighted by Crippen LogP contribution is -2.46. The summed E-state index contributed by atoms with van der Waals surface area (Å²) in [7, 11) is 2.13. The normalized spacial score (nSPS) is 15.7. The summed E-state index contributed by atoms with van der Waals surface area (Å²) < 4.78 is 19.1. The van der Waals surface area contributed by atoms with Gasteiger partial charge in [-0.1, -0.05) is 52.1 Å². The average molecular weight is 334 g/mol. The first-order valence-electron chi connectivity index (χ1n) is 8.58. The van der Waals surface area contributed by atoms with Gasteiger partial charge in [0.15, 0.2) is 0 Å². The van der Waals surface area contributed by atoms with Gasteiger partial charge in [0, 0.05) is 0 Å². The summed E-state index contributed by atoms with van der Waals surface area (Å²) in [5.41, 5.74) is -0.891. The van der Waals surface area contributed by atoms with E-state index < -0.39 is 11.0 Å². The van der Waals surface area contributed by atoms with E-state index in [2.05, 4.69) is 42.5 Å². The van der Waals surface area contributed by atoms with E-state index in [9.17, 15) is 9.18 Å². The molecule has 0 amide bonds. The minimum atomic E-state index is -0.810. The molecule has 0 fully saturated rings. The summed E-state index contributed by atoms with van der Waals surface area (Å²) in [6.07, 6.45) is 0.724. The molecule has 0 heterocycles. The predicted molar refractivity (Wildman–Crippen MR) is 100 cm³/mol. The predicted octanol–water partition coefficient (Wildman–Crippen LogP) is 4.88. The fourth-order valence-corrected chi connectivity index (χ4v) is 2.96. The molecule has 0 radical (unpaired) electrons. The van der Waals surface area contributed by atoms with Crippen molar-refractivity contribution >= 4 is 13.8 Å². The summed E-state index contributed by atoms with van der Waals surface area (Å²) in [5.74, 6) is -0.507. The Hall–Kier alpha value is -1.32. The fourth-order valence-electron chi connectivity index (χ4n) is 2.96. The van der Waals surface area contributed by atoms with Crippen molar-refractivity contribution in [3.8, 4) is 0 Å². The Morgan fingerprint density at radius 2 is 1.46 bits per heavy atom. The van der Waals surface area contributed by atoms with E-state index in [4.69, 9.17) is 4.74 Å². The highest BCUT2D eigenvalue weighted by Crippen LogP contribution is 2.49. The first-order chi connectivity index (χ1) is 10.6. The summed E-state index contributed by atoms with van der Waals surface area (Å²) in [4.78, 5) is 13.1. The number of carbonyl (C=O) groups excluding carboxylic acids is 1. The van der Waals surface area contributed by atoms with E-state index in [1.165, 1.54) is 12.1 Å². The van der Waals surface area contributed by atoms with Crippen molar-refractivity contribution in [3.05, 3.63) is 35.6 Å². The fraction of sp³-hybridized carbons (Fsp3) is 0.650. The molecule has 0 aromatic heterocycles. The molecule has 24 heavy (non-hydrogen) atoms. The summed E-state index contributed by atoms with van der Waals surface area (Å²) in [6.45, 7) is 16.2. The van der Waals surface area contributed by atoms with Crippen LogP contribution < -0.4 is 0 Å². The molecular weight excluding hydrogens is 302 g/mol. The van der Waals surface area contributed by atoms with Crippen LogP contribution >= 0.6 is 0 Å². The maximum atomic E-state index is 13.2. The Morgan fingerprint density at radius 1 is 1.00 bits per heavy atom. The van der Waals surface area contributed by atoms with Crippen LogP contribution in [0.4, 0.5) is 4.39 Å². The highest BCUT2D eigenvalue weighted by molar-refractivity contribution is 6.14. The summed E-state index contributed by atoms with van der Waals surface area (Å²) in [5, 5.41) is 0.00106. The van der Waals surface area contributed by atoms with E-state index in [0.717, 1.165) is 12.0 Å². The van der Waals surface area contributed by atoms with Gasteiger partial charge in [-0.2, -0.15) is 0 Å². The Bertz CT molecular complexity index is 579. The number of esters is 1. The minimum Gasteiger partial charge on any atom is -0.454 e. The molecule has 1 unspecified atom stereocenters. The highest BCUT2D eigenvalue weighted by atomic mass is 19.1. The number of hydrogen-bond acceptors (Lipinski definition) is 2. The monoisotopic (exact) mass is 334 g/mol. The van der Waals surface area contributed by atoms with E-state index in [1.54, 1.807) is 12.1 Å². The zero-order valence-corrected chi connectivity index (χ0v) is 16.7. The lowest BCUT2D eigenvalue weighted by atomic mass is 9.56. The van der Waals surface area contributed by atoms with Gasteiger partial charge < -0.3 is 4.74 Å². The topological polar surface area (TPSA) is 26.3 Å². The Kier molecular flexibility index (Phi) is 5.64. The molecule has 0 spiro atoms. The van der Waals surface area contributed by atoms with Crippen LogP contribution in [0.25, 0.3) is 0 Å². The zero-order valence-electron chi connectivity index (χ0n) is 16.7. The second-order valence-electron chi connectivity index (χ2n) is 9.73. The maximum absolute atomic E-state index is 13.2. The SMILES string of the molecule is BC(C)(C)CC(C)(C(=O)OC(C)(C)c1ccc(F)cc1)C(C)(C)C. The lowest BCUT2D eigenvalue weighted by Gasteiger charge is -2.45. The van der Waals surface area contributed by atoms with E-state index in [0.29, 0.717) is 0 Å². The minimum absolute atomic E-state index is 0.00106. The van der Waals surface area contributed by atoms with Gasteiger partial charge in [-0.25, -0.2) is 4.39 Å². The van der Waals surface area contributed by atoms with E-state index in [1.807, 2.05) is 20.8 Å². The molecule has 1 aromatic carbocycles. The van der Waals surface area contributed by atoms with Gasteiger partial charge >= 0.3 is 5.97 Å². The zero-order chi connectivity index (χ0) is 19.0. The molecule has 0 bridgehead atoms. The number of carbonyl (C=O) groups is 1. The third-order valence-electron chi connectivity index (χ3n) is 4.88. The van der Waals surface area contributed by atoms with Gasteiger partial charge in [-0.15, -0.1) is 0 Å². The van der Waals surface area contributed by atoms with Crippen LogP contribution in [0.15, 0.2) is 24.3 Å². The quantitative estimate of drug-likeness (QED) is 0.567. The number of rotatable bonds is 5. The second-order valence-corrected chi connectivity index (χ2v) is 9.73. The molecule has 0 saturated carbocycles. The molecule has 1 atom stereocenters. The number of halogens is 1. The summed E-state index contributed by atoms with van der Waals surface area (Å²) in [6, 6.07) is 6.12. The van der Waals surface area contributed by atoms with Crippen molar-refractivity contribution in [2.24, 2.45) is 10.8 Å².